The average Bonchev–Trinajstić information content (AvgIpc) is 3.33. The van der Waals surface area contributed by atoms with Crippen LogP contribution in [0.1, 0.15) is 56.6 Å². The number of pyridine rings is 1. The van der Waals surface area contributed by atoms with Gasteiger partial charge in [0, 0.05) is 24.7 Å². The van der Waals surface area contributed by atoms with E-state index in [1.165, 1.54) is 0 Å². The van der Waals surface area contributed by atoms with Crippen LogP contribution in [0.4, 0.5) is 5.95 Å². The molecule has 0 fully saturated rings. The Labute approximate surface area is 213 Å². The zero-order valence-electron chi connectivity index (χ0n) is 20.8. The third-order valence-corrected chi connectivity index (χ3v) is 6.35. The standard InChI is InChI=1S/C24H29ClN6O5/c1-6-34-24(5,35-7-2)36-15-8-9-16-14(10-15)11-18(13(3)4)31-12-17(21(32)19(25)20(16)31)22(33)26-23-27-29-30-28-23/h8-10,12-13,18H,6-7,11H2,1-5H3,(H2,26,27,28,29,30,33). The maximum absolute atomic E-state index is 13.2. The monoisotopic (exact) mass is 516 g/mol. The van der Waals surface area contributed by atoms with Crippen molar-refractivity contribution in [3.05, 3.63) is 50.8 Å². The summed E-state index contributed by atoms with van der Waals surface area (Å²) >= 11 is 6.63. The molecule has 12 heteroatoms. The highest BCUT2D eigenvalue weighted by Gasteiger charge is 2.33. The Morgan fingerprint density at radius 2 is 2.03 bits per heavy atom. The molecular formula is C24H29ClN6O5. The fourth-order valence-corrected chi connectivity index (χ4v) is 4.72. The van der Waals surface area contributed by atoms with Crippen LogP contribution in [0.25, 0.3) is 11.3 Å². The van der Waals surface area contributed by atoms with Crippen LogP contribution in [-0.2, 0) is 15.9 Å². The topological polar surface area (TPSA) is 133 Å². The van der Waals surface area contributed by atoms with Gasteiger partial charge in [-0.15, -0.1) is 5.10 Å². The zero-order valence-corrected chi connectivity index (χ0v) is 21.5. The van der Waals surface area contributed by atoms with Gasteiger partial charge >= 0.3 is 5.97 Å². The molecule has 3 aromatic rings. The minimum atomic E-state index is -1.22. The van der Waals surface area contributed by atoms with Crippen LogP contribution in [0.3, 0.4) is 0 Å². The summed E-state index contributed by atoms with van der Waals surface area (Å²) in [5.41, 5.74) is 1.63. The third kappa shape index (κ3) is 4.99. The van der Waals surface area contributed by atoms with Gasteiger partial charge < -0.3 is 18.8 Å². The van der Waals surface area contributed by atoms with E-state index in [9.17, 15) is 9.59 Å². The number of H-pyrrole nitrogens is 1. The number of carbonyl (C=O) groups is 1. The molecule has 0 spiro atoms. The first-order chi connectivity index (χ1) is 17.2. The molecule has 1 unspecified atom stereocenters. The highest BCUT2D eigenvalue weighted by Crippen LogP contribution is 2.42. The Morgan fingerprint density at radius 3 is 2.64 bits per heavy atom. The van der Waals surface area contributed by atoms with Gasteiger partial charge in [-0.3, -0.25) is 14.9 Å². The molecule has 0 aliphatic carbocycles. The van der Waals surface area contributed by atoms with E-state index in [0.29, 0.717) is 31.1 Å². The number of anilines is 1. The minimum absolute atomic E-state index is 0.0375. The van der Waals surface area contributed by atoms with Gasteiger partial charge in [0.2, 0.25) is 5.43 Å². The molecule has 0 radical (unpaired) electrons. The number of hydrogen-bond donors (Lipinski definition) is 2. The SMILES string of the molecule is CCOC(C)(OCC)Oc1ccc2c(c1)CC(C(C)C)n1cc(C(=O)Nc3nn[nH]n3)c(=O)c(Cl)c1-2. The number of nitrogens with one attached hydrogen (secondary N) is 2. The number of hydrogen-bond acceptors (Lipinski definition) is 8. The van der Waals surface area contributed by atoms with E-state index < -0.39 is 17.3 Å². The number of fused-ring (bicyclic) bond motifs is 3. The Bertz CT molecular complexity index is 1300. The van der Waals surface area contributed by atoms with Crippen LogP contribution in [-0.4, -0.2) is 50.3 Å². The Balaban J connectivity index is 1.77. The quantitative estimate of drug-likeness (QED) is 0.410. The molecule has 0 bridgehead atoms. The van der Waals surface area contributed by atoms with E-state index in [0.717, 1.165) is 11.1 Å². The highest BCUT2D eigenvalue weighted by molar-refractivity contribution is 6.33. The second-order valence-electron chi connectivity index (χ2n) is 8.80. The van der Waals surface area contributed by atoms with Crippen LogP contribution < -0.4 is 15.5 Å². The Hall–Kier alpha value is -3.28. The van der Waals surface area contributed by atoms with Crippen molar-refractivity contribution < 1.29 is 19.0 Å². The van der Waals surface area contributed by atoms with E-state index in [4.69, 9.17) is 25.8 Å². The molecule has 1 aliphatic rings. The summed E-state index contributed by atoms with van der Waals surface area (Å²) in [4.78, 5) is 26.0. The highest BCUT2D eigenvalue weighted by atomic mass is 35.5. The van der Waals surface area contributed by atoms with Crippen molar-refractivity contribution in [3.8, 4) is 17.0 Å². The summed E-state index contributed by atoms with van der Waals surface area (Å²) in [5, 5.41) is 15.5. The van der Waals surface area contributed by atoms with E-state index >= 15 is 0 Å². The molecule has 2 N–H and O–H groups in total. The van der Waals surface area contributed by atoms with Crippen molar-refractivity contribution in [2.24, 2.45) is 5.92 Å². The molecule has 1 atom stereocenters. The number of aromatic amines is 1. The molecule has 4 rings (SSSR count). The lowest BCUT2D eigenvalue weighted by atomic mass is 9.87. The van der Waals surface area contributed by atoms with Gasteiger partial charge in [0.15, 0.2) is 0 Å². The first-order valence-corrected chi connectivity index (χ1v) is 12.1. The van der Waals surface area contributed by atoms with Crippen LogP contribution >= 0.6 is 11.6 Å². The summed E-state index contributed by atoms with van der Waals surface area (Å²) < 4.78 is 19.3. The van der Waals surface area contributed by atoms with Crippen molar-refractivity contribution in [3.63, 3.8) is 0 Å². The number of tetrazole rings is 1. The smallest absolute Gasteiger partial charge is 0.323 e. The molecule has 3 heterocycles. The molecule has 11 nitrogen and oxygen atoms in total. The predicted molar refractivity (Wildman–Crippen MR) is 133 cm³/mol. The summed E-state index contributed by atoms with van der Waals surface area (Å²) in [5.74, 6) is -1.18. The number of aromatic nitrogens is 5. The van der Waals surface area contributed by atoms with E-state index in [2.05, 4.69) is 39.8 Å². The lowest BCUT2D eigenvalue weighted by Crippen LogP contribution is -2.39. The average molecular weight is 517 g/mol. The summed E-state index contributed by atoms with van der Waals surface area (Å²) in [6.07, 6.45) is 2.19. The number of ether oxygens (including phenoxy) is 3. The predicted octanol–water partition coefficient (Wildman–Crippen LogP) is 3.81. The maximum Gasteiger partial charge on any atom is 0.323 e. The molecule has 1 aliphatic heterocycles. The lowest BCUT2D eigenvalue weighted by molar-refractivity contribution is -0.328. The first kappa shape index (κ1) is 25.8. The second kappa shape index (κ2) is 10.4. The lowest BCUT2D eigenvalue weighted by Gasteiger charge is -2.35. The minimum Gasteiger partial charge on any atom is -0.439 e. The third-order valence-electron chi connectivity index (χ3n) is 6.00. The molecule has 1 amide bonds. The molecule has 2 aromatic heterocycles. The summed E-state index contributed by atoms with van der Waals surface area (Å²) in [7, 11) is 0. The van der Waals surface area contributed by atoms with Crippen LogP contribution in [0.5, 0.6) is 5.75 Å². The Morgan fingerprint density at radius 1 is 1.31 bits per heavy atom. The zero-order chi connectivity index (χ0) is 26.0. The molecular weight excluding hydrogens is 488 g/mol. The van der Waals surface area contributed by atoms with Crippen LogP contribution in [0.2, 0.25) is 5.02 Å². The number of carbonyl (C=O) groups excluding carboxylic acids is 1. The van der Waals surface area contributed by atoms with Crippen molar-refractivity contribution in [1.29, 1.82) is 0 Å². The number of halogens is 1. The van der Waals surface area contributed by atoms with E-state index in [1.54, 1.807) is 19.2 Å². The van der Waals surface area contributed by atoms with Crippen LogP contribution in [0, 0.1) is 5.92 Å². The molecule has 36 heavy (non-hydrogen) atoms. The summed E-state index contributed by atoms with van der Waals surface area (Å²) in [6, 6.07) is 5.49. The molecule has 192 valence electrons. The van der Waals surface area contributed by atoms with Crippen molar-refractivity contribution in [1.82, 2.24) is 25.2 Å². The molecule has 1 aromatic carbocycles. The number of rotatable bonds is 9. The Kier molecular flexibility index (Phi) is 7.43. The van der Waals surface area contributed by atoms with Gasteiger partial charge in [-0.05, 0) is 55.2 Å². The van der Waals surface area contributed by atoms with Crippen LogP contribution in [0.15, 0.2) is 29.2 Å². The number of nitrogens with zero attached hydrogens (tertiary/aromatic N) is 4. The summed E-state index contributed by atoms with van der Waals surface area (Å²) in [6.45, 7) is 10.5. The fraction of sp³-hybridized carbons (Fsp3) is 0.458. The van der Waals surface area contributed by atoms with Crippen molar-refractivity contribution in [2.75, 3.05) is 18.5 Å². The molecule has 0 saturated heterocycles. The normalized spacial score (nSPS) is 14.9. The van der Waals surface area contributed by atoms with Gasteiger partial charge in [-0.1, -0.05) is 30.5 Å². The fourth-order valence-electron chi connectivity index (χ4n) is 4.42. The number of benzene rings is 1. The van der Waals surface area contributed by atoms with Crippen molar-refractivity contribution >= 4 is 23.5 Å². The first-order valence-electron chi connectivity index (χ1n) is 11.8. The second-order valence-corrected chi connectivity index (χ2v) is 9.17. The van der Waals surface area contributed by atoms with Gasteiger partial charge in [0.1, 0.15) is 16.3 Å². The molecule has 0 saturated carbocycles. The van der Waals surface area contributed by atoms with Gasteiger partial charge in [-0.2, -0.15) is 5.21 Å². The van der Waals surface area contributed by atoms with Gasteiger partial charge in [0.05, 0.1) is 18.9 Å². The maximum atomic E-state index is 13.2. The van der Waals surface area contributed by atoms with E-state index in [1.807, 2.05) is 30.5 Å². The van der Waals surface area contributed by atoms with Crippen molar-refractivity contribution in [2.45, 2.75) is 53.1 Å². The largest absolute Gasteiger partial charge is 0.439 e. The van der Waals surface area contributed by atoms with Gasteiger partial charge in [-0.25, -0.2) is 0 Å². The van der Waals surface area contributed by atoms with Gasteiger partial charge in [0.25, 0.3) is 11.9 Å². The number of amides is 1. The van der Waals surface area contributed by atoms with E-state index in [-0.39, 0.29) is 28.5 Å².